The molecular weight excluding hydrogens is 249 g/mol. The summed E-state index contributed by atoms with van der Waals surface area (Å²) in [4.78, 5) is 0. The minimum absolute atomic E-state index is 0.310. The van der Waals surface area contributed by atoms with Crippen molar-refractivity contribution < 1.29 is 4.39 Å². The molecule has 0 aliphatic heterocycles. The van der Waals surface area contributed by atoms with E-state index in [2.05, 4.69) is 0 Å². The lowest BCUT2D eigenvalue weighted by Crippen LogP contribution is -2.35. The summed E-state index contributed by atoms with van der Waals surface area (Å²) in [5.41, 5.74) is 7.24. The number of rotatable bonds is 3. The summed E-state index contributed by atoms with van der Waals surface area (Å²) in [5.74, 6) is -0.310. The van der Waals surface area contributed by atoms with E-state index in [0.717, 1.165) is 5.56 Å². The molecule has 0 heterocycles. The first-order valence-corrected chi connectivity index (χ1v) is 6.15. The van der Waals surface area contributed by atoms with Gasteiger partial charge in [-0.05, 0) is 36.6 Å². The Morgan fingerprint density at radius 1 is 1.17 bits per heavy atom. The van der Waals surface area contributed by atoms with Gasteiger partial charge in [0.25, 0.3) is 0 Å². The highest BCUT2D eigenvalue weighted by atomic mass is 35.5. The lowest BCUT2D eigenvalue weighted by molar-refractivity contribution is 0.475. The first kappa shape index (κ1) is 13.1. The van der Waals surface area contributed by atoms with Crippen molar-refractivity contribution in [2.45, 2.75) is 18.9 Å². The zero-order valence-electron chi connectivity index (χ0n) is 10.2. The molecule has 0 saturated carbocycles. The third kappa shape index (κ3) is 2.89. The highest BCUT2D eigenvalue weighted by molar-refractivity contribution is 6.30. The Bertz CT molecular complexity index is 537. The van der Waals surface area contributed by atoms with E-state index in [9.17, 15) is 4.39 Å². The Hall–Kier alpha value is -1.38. The van der Waals surface area contributed by atoms with Crippen molar-refractivity contribution in [2.24, 2.45) is 5.73 Å². The molecule has 0 saturated heterocycles. The predicted molar refractivity (Wildman–Crippen MR) is 73.1 cm³/mol. The Morgan fingerprint density at radius 3 is 2.44 bits per heavy atom. The largest absolute Gasteiger partial charge is 0.321 e. The van der Waals surface area contributed by atoms with Crippen LogP contribution >= 0.6 is 11.6 Å². The van der Waals surface area contributed by atoms with Crippen molar-refractivity contribution in [3.05, 3.63) is 70.5 Å². The number of hydrogen-bond acceptors (Lipinski definition) is 1. The van der Waals surface area contributed by atoms with Gasteiger partial charge < -0.3 is 5.73 Å². The third-order valence-corrected chi connectivity index (χ3v) is 3.24. The van der Waals surface area contributed by atoms with Crippen molar-refractivity contribution >= 4 is 11.6 Å². The van der Waals surface area contributed by atoms with Gasteiger partial charge in [0.2, 0.25) is 0 Å². The van der Waals surface area contributed by atoms with Crippen LogP contribution in [-0.2, 0) is 12.0 Å². The summed E-state index contributed by atoms with van der Waals surface area (Å²) in [7, 11) is 0. The lowest BCUT2D eigenvalue weighted by Gasteiger charge is -2.25. The predicted octanol–water partition coefficient (Wildman–Crippen LogP) is 3.90. The SMILES string of the molecule is CC(N)(Cc1ccc(Cl)cc1F)c1ccccc1. The summed E-state index contributed by atoms with van der Waals surface area (Å²) in [6, 6.07) is 14.4. The minimum Gasteiger partial charge on any atom is -0.321 e. The van der Waals surface area contributed by atoms with Gasteiger partial charge in [0.1, 0.15) is 5.82 Å². The van der Waals surface area contributed by atoms with Gasteiger partial charge in [-0.25, -0.2) is 4.39 Å². The molecule has 0 amide bonds. The summed E-state index contributed by atoms with van der Waals surface area (Å²) in [6.45, 7) is 1.90. The van der Waals surface area contributed by atoms with E-state index >= 15 is 0 Å². The molecule has 94 valence electrons. The van der Waals surface area contributed by atoms with Crippen LogP contribution in [0.3, 0.4) is 0 Å². The van der Waals surface area contributed by atoms with Gasteiger partial charge in [-0.2, -0.15) is 0 Å². The topological polar surface area (TPSA) is 26.0 Å². The van der Waals surface area contributed by atoms with Crippen LogP contribution in [0.25, 0.3) is 0 Å². The molecule has 0 aromatic heterocycles. The van der Waals surface area contributed by atoms with Gasteiger partial charge in [-0.3, -0.25) is 0 Å². The van der Waals surface area contributed by atoms with Crippen LogP contribution in [0, 0.1) is 5.82 Å². The Balaban J connectivity index is 2.28. The molecule has 0 aliphatic rings. The second kappa shape index (κ2) is 5.09. The Labute approximate surface area is 111 Å². The molecule has 2 aromatic carbocycles. The van der Waals surface area contributed by atoms with Crippen molar-refractivity contribution in [3.63, 3.8) is 0 Å². The number of nitrogens with two attached hydrogens (primary N) is 1. The highest BCUT2D eigenvalue weighted by Gasteiger charge is 2.22. The second-order valence-electron chi connectivity index (χ2n) is 4.70. The van der Waals surface area contributed by atoms with Gasteiger partial charge in [-0.15, -0.1) is 0 Å². The summed E-state index contributed by atoms with van der Waals surface area (Å²) in [6.07, 6.45) is 0.431. The maximum absolute atomic E-state index is 13.8. The Morgan fingerprint density at radius 2 is 1.83 bits per heavy atom. The van der Waals surface area contributed by atoms with Crippen molar-refractivity contribution in [3.8, 4) is 0 Å². The lowest BCUT2D eigenvalue weighted by atomic mass is 9.86. The molecule has 0 spiro atoms. The Kier molecular flexibility index (Phi) is 3.69. The van der Waals surface area contributed by atoms with Crippen LogP contribution in [0.4, 0.5) is 4.39 Å². The van der Waals surface area contributed by atoms with Crippen LogP contribution in [0.1, 0.15) is 18.1 Å². The van der Waals surface area contributed by atoms with Gasteiger partial charge >= 0.3 is 0 Å². The van der Waals surface area contributed by atoms with Gasteiger partial charge in [0, 0.05) is 10.6 Å². The number of benzene rings is 2. The number of hydrogen-bond donors (Lipinski definition) is 1. The van der Waals surface area contributed by atoms with Gasteiger partial charge in [0.15, 0.2) is 0 Å². The van der Waals surface area contributed by atoms with Crippen LogP contribution < -0.4 is 5.73 Å². The molecule has 2 aromatic rings. The molecule has 0 aliphatic carbocycles. The summed E-state index contributed by atoms with van der Waals surface area (Å²) in [5, 5.41) is 0.398. The van der Waals surface area contributed by atoms with Crippen LogP contribution in [0.2, 0.25) is 5.02 Å². The molecule has 0 fully saturated rings. The molecule has 2 N–H and O–H groups in total. The molecule has 2 rings (SSSR count). The van der Waals surface area contributed by atoms with E-state index in [1.807, 2.05) is 37.3 Å². The normalized spacial score (nSPS) is 14.2. The van der Waals surface area contributed by atoms with Gasteiger partial charge in [-0.1, -0.05) is 48.0 Å². The smallest absolute Gasteiger partial charge is 0.127 e. The molecule has 18 heavy (non-hydrogen) atoms. The minimum atomic E-state index is -0.601. The molecule has 0 bridgehead atoms. The maximum atomic E-state index is 13.8. The van der Waals surface area contributed by atoms with Gasteiger partial charge in [0.05, 0.1) is 0 Å². The fourth-order valence-electron chi connectivity index (χ4n) is 1.98. The molecule has 0 radical (unpaired) electrons. The first-order valence-electron chi connectivity index (χ1n) is 5.77. The average Bonchev–Trinajstić information content (AvgIpc) is 2.34. The maximum Gasteiger partial charge on any atom is 0.127 e. The first-order chi connectivity index (χ1) is 8.49. The highest BCUT2D eigenvalue weighted by Crippen LogP contribution is 2.25. The molecule has 1 nitrogen and oxygen atoms in total. The third-order valence-electron chi connectivity index (χ3n) is 3.01. The van der Waals surface area contributed by atoms with Crippen LogP contribution in [0.5, 0.6) is 0 Å². The van der Waals surface area contributed by atoms with E-state index in [0.29, 0.717) is 17.0 Å². The fourth-order valence-corrected chi connectivity index (χ4v) is 2.14. The van der Waals surface area contributed by atoms with Crippen molar-refractivity contribution in [1.29, 1.82) is 0 Å². The quantitative estimate of drug-likeness (QED) is 0.893. The van der Waals surface area contributed by atoms with E-state index in [1.54, 1.807) is 12.1 Å². The van der Waals surface area contributed by atoms with E-state index in [4.69, 9.17) is 17.3 Å². The standard InChI is InChI=1S/C15H15ClFN/c1-15(18,12-5-3-2-4-6-12)10-11-7-8-13(16)9-14(11)17/h2-9H,10,18H2,1H3. The number of halogens is 2. The van der Waals surface area contributed by atoms with Crippen molar-refractivity contribution in [2.75, 3.05) is 0 Å². The van der Waals surface area contributed by atoms with Crippen molar-refractivity contribution in [1.82, 2.24) is 0 Å². The molecule has 3 heteroatoms. The molecule has 1 unspecified atom stereocenters. The van der Waals surface area contributed by atoms with E-state index in [1.165, 1.54) is 6.07 Å². The van der Waals surface area contributed by atoms with Crippen LogP contribution in [0.15, 0.2) is 48.5 Å². The van der Waals surface area contributed by atoms with E-state index < -0.39 is 5.54 Å². The van der Waals surface area contributed by atoms with E-state index in [-0.39, 0.29) is 5.82 Å². The average molecular weight is 264 g/mol. The molecule has 1 atom stereocenters. The second-order valence-corrected chi connectivity index (χ2v) is 5.13. The summed E-state index contributed by atoms with van der Waals surface area (Å²) >= 11 is 5.73. The van der Waals surface area contributed by atoms with Crippen LogP contribution in [-0.4, -0.2) is 0 Å². The monoisotopic (exact) mass is 263 g/mol. The fraction of sp³-hybridized carbons (Fsp3) is 0.200. The zero-order chi connectivity index (χ0) is 13.2. The zero-order valence-corrected chi connectivity index (χ0v) is 10.9. The molecular formula is C15H15ClFN. The summed E-state index contributed by atoms with van der Waals surface area (Å²) < 4.78 is 13.8.